The maximum absolute atomic E-state index is 12.2. The highest BCUT2D eigenvalue weighted by molar-refractivity contribution is 5.75. The van der Waals surface area contributed by atoms with Crippen LogP contribution in [0.25, 0.3) is 5.52 Å². The zero-order valence-electron chi connectivity index (χ0n) is 14.0. The molecule has 0 aliphatic rings. The number of carbonyl (C=O) groups excluding carboxylic acids is 1. The van der Waals surface area contributed by atoms with E-state index in [4.69, 9.17) is 4.74 Å². The van der Waals surface area contributed by atoms with Gasteiger partial charge in [0.15, 0.2) is 0 Å². The van der Waals surface area contributed by atoms with Crippen molar-refractivity contribution in [2.24, 2.45) is 0 Å². The van der Waals surface area contributed by atoms with E-state index in [0.29, 0.717) is 18.7 Å². The number of aromatic nitrogens is 3. The first-order chi connectivity index (χ1) is 12.2. The number of nitrogens with one attached hydrogen (secondary N) is 1. The van der Waals surface area contributed by atoms with Crippen LogP contribution in [0, 0.1) is 0 Å². The Morgan fingerprint density at radius 3 is 2.80 bits per heavy atom. The minimum Gasteiger partial charge on any atom is -0.494 e. The number of nitrogens with zero attached hydrogens (tertiary/aromatic N) is 3. The smallest absolute Gasteiger partial charge is 0.291 e. The highest BCUT2D eigenvalue weighted by Crippen LogP contribution is 2.12. The average Bonchev–Trinajstić information content (AvgIpc) is 3.11. The van der Waals surface area contributed by atoms with Gasteiger partial charge in [0.2, 0.25) is 5.91 Å². The second-order valence-corrected chi connectivity index (χ2v) is 5.66. The van der Waals surface area contributed by atoms with Gasteiger partial charge in [-0.2, -0.15) is 5.10 Å². The number of hydrogen-bond acceptors (Lipinski definition) is 4. The summed E-state index contributed by atoms with van der Waals surface area (Å²) in [6.45, 7) is 3.01. The predicted octanol–water partition coefficient (Wildman–Crippen LogP) is 1.60. The summed E-state index contributed by atoms with van der Waals surface area (Å²) in [6, 6.07) is 11.0. The molecular formula is C18H20N4O3. The molecule has 0 atom stereocenters. The van der Waals surface area contributed by atoms with Crippen LogP contribution < -0.4 is 15.6 Å². The molecule has 0 saturated carbocycles. The maximum Gasteiger partial charge on any atom is 0.291 e. The molecule has 7 heteroatoms. The van der Waals surface area contributed by atoms with Crippen molar-refractivity contribution in [2.75, 3.05) is 6.61 Å². The molecule has 0 fully saturated rings. The highest BCUT2D eigenvalue weighted by Gasteiger charge is 2.08. The first kappa shape index (κ1) is 16.8. The molecule has 130 valence electrons. The Hall–Kier alpha value is -3.09. The Bertz CT molecular complexity index is 912. The van der Waals surface area contributed by atoms with Gasteiger partial charge in [-0.15, -0.1) is 0 Å². The SMILES string of the molecule is CCCOc1ccc(CNC(=O)Cn2ncn3cccc3c2=O)cc1. The molecule has 7 nitrogen and oxygen atoms in total. The fourth-order valence-electron chi connectivity index (χ4n) is 2.41. The van der Waals surface area contributed by atoms with Crippen molar-refractivity contribution in [1.29, 1.82) is 0 Å². The van der Waals surface area contributed by atoms with E-state index in [2.05, 4.69) is 17.3 Å². The molecule has 3 aromatic rings. The first-order valence-electron chi connectivity index (χ1n) is 8.18. The van der Waals surface area contributed by atoms with E-state index in [0.717, 1.165) is 22.4 Å². The second-order valence-electron chi connectivity index (χ2n) is 5.66. The van der Waals surface area contributed by atoms with Crippen LogP contribution in [0.1, 0.15) is 18.9 Å². The number of fused-ring (bicyclic) bond motifs is 1. The number of carbonyl (C=O) groups is 1. The summed E-state index contributed by atoms with van der Waals surface area (Å²) in [5.41, 5.74) is 1.16. The third-order valence-electron chi connectivity index (χ3n) is 3.73. The fourth-order valence-corrected chi connectivity index (χ4v) is 2.41. The van der Waals surface area contributed by atoms with Crippen LogP contribution in [-0.2, 0) is 17.9 Å². The van der Waals surface area contributed by atoms with Gasteiger partial charge in [-0.3, -0.25) is 9.59 Å². The molecular weight excluding hydrogens is 320 g/mol. The summed E-state index contributed by atoms with van der Waals surface area (Å²) >= 11 is 0. The van der Waals surface area contributed by atoms with E-state index in [-0.39, 0.29) is 18.0 Å². The predicted molar refractivity (Wildman–Crippen MR) is 93.5 cm³/mol. The molecule has 0 saturated heterocycles. The highest BCUT2D eigenvalue weighted by atomic mass is 16.5. The van der Waals surface area contributed by atoms with Crippen molar-refractivity contribution >= 4 is 11.4 Å². The van der Waals surface area contributed by atoms with Gasteiger partial charge in [0, 0.05) is 12.7 Å². The molecule has 0 spiro atoms. The van der Waals surface area contributed by atoms with Gasteiger partial charge < -0.3 is 14.5 Å². The van der Waals surface area contributed by atoms with Crippen LogP contribution in [0.3, 0.4) is 0 Å². The Balaban J connectivity index is 1.57. The number of ether oxygens (including phenoxy) is 1. The Labute approximate surface area is 144 Å². The lowest BCUT2D eigenvalue weighted by Gasteiger charge is -2.08. The molecule has 25 heavy (non-hydrogen) atoms. The van der Waals surface area contributed by atoms with E-state index in [1.807, 2.05) is 24.3 Å². The van der Waals surface area contributed by atoms with Crippen LogP contribution in [0.5, 0.6) is 5.75 Å². The van der Waals surface area contributed by atoms with E-state index in [1.165, 1.54) is 6.33 Å². The first-order valence-corrected chi connectivity index (χ1v) is 8.18. The standard InChI is InChI=1S/C18H20N4O3/c1-2-10-25-15-7-5-14(6-8-15)11-19-17(23)12-22-18(24)16-4-3-9-21(16)13-20-22/h3-9,13H,2,10-12H2,1H3,(H,19,23). The van der Waals surface area contributed by atoms with Crippen LogP contribution >= 0.6 is 0 Å². The van der Waals surface area contributed by atoms with Gasteiger partial charge in [0.25, 0.3) is 5.56 Å². The van der Waals surface area contributed by atoms with Crippen LogP contribution in [0.4, 0.5) is 0 Å². The summed E-state index contributed by atoms with van der Waals surface area (Å²) < 4.78 is 8.30. The van der Waals surface area contributed by atoms with Crippen molar-refractivity contribution in [3.05, 3.63) is 64.8 Å². The average molecular weight is 340 g/mol. The number of benzene rings is 1. The summed E-state index contributed by atoms with van der Waals surface area (Å²) in [7, 11) is 0. The normalized spacial score (nSPS) is 10.8. The largest absolute Gasteiger partial charge is 0.494 e. The summed E-state index contributed by atoms with van der Waals surface area (Å²) in [5.74, 6) is 0.546. The topological polar surface area (TPSA) is 77.6 Å². The monoisotopic (exact) mass is 340 g/mol. The third kappa shape index (κ3) is 4.06. The lowest BCUT2D eigenvalue weighted by Crippen LogP contribution is -2.33. The van der Waals surface area contributed by atoms with Crippen molar-refractivity contribution in [3.63, 3.8) is 0 Å². The minimum absolute atomic E-state index is 0.113. The fraction of sp³-hybridized carbons (Fsp3) is 0.278. The van der Waals surface area contributed by atoms with Crippen molar-refractivity contribution in [3.8, 4) is 5.75 Å². The number of rotatable bonds is 7. The van der Waals surface area contributed by atoms with Gasteiger partial charge in [-0.05, 0) is 36.2 Å². The van der Waals surface area contributed by atoms with Gasteiger partial charge in [0.1, 0.15) is 24.1 Å². The molecule has 3 rings (SSSR count). The van der Waals surface area contributed by atoms with Gasteiger partial charge in [0.05, 0.1) is 6.61 Å². The van der Waals surface area contributed by atoms with Crippen molar-refractivity contribution in [1.82, 2.24) is 19.5 Å². The van der Waals surface area contributed by atoms with Crippen molar-refractivity contribution in [2.45, 2.75) is 26.4 Å². The lowest BCUT2D eigenvalue weighted by atomic mass is 10.2. The van der Waals surface area contributed by atoms with E-state index < -0.39 is 0 Å². The zero-order valence-corrected chi connectivity index (χ0v) is 14.0. The maximum atomic E-state index is 12.2. The molecule has 2 heterocycles. The molecule has 0 radical (unpaired) electrons. The van der Waals surface area contributed by atoms with Gasteiger partial charge >= 0.3 is 0 Å². The molecule has 0 aliphatic carbocycles. The molecule has 2 aromatic heterocycles. The zero-order chi connectivity index (χ0) is 17.6. The van der Waals surface area contributed by atoms with Crippen molar-refractivity contribution < 1.29 is 9.53 Å². The number of amides is 1. The molecule has 0 bridgehead atoms. The molecule has 0 unspecified atom stereocenters. The summed E-state index contributed by atoms with van der Waals surface area (Å²) in [6.07, 6.45) is 4.21. The van der Waals surface area contributed by atoms with E-state index in [9.17, 15) is 9.59 Å². The van der Waals surface area contributed by atoms with E-state index in [1.54, 1.807) is 22.7 Å². The third-order valence-corrected chi connectivity index (χ3v) is 3.73. The molecule has 1 N–H and O–H groups in total. The molecule has 1 aromatic carbocycles. The quantitative estimate of drug-likeness (QED) is 0.709. The van der Waals surface area contributed by atoms with Crippen LogP contribution in [0.15, 0.2) is 53.7 Å². The second kappa shape index (κ2) is 7.65. The molecule has 1 amide bonds. The number of hydrogen-bond donors (Lipinski definition) is 1. The van der Waals surface area contributed by atoms with Crippen LogP contribution in [-0.4, -0.2) is 26.7 Å². The lowest BCUT2D eigenvalue weighted by molar-refractivity contribution is -0.122. The minimum atomic E-state index is -0.292. The molecule has 0 aliphatic heterocycles. The summed E-state index contributed by atoms with van der Waals surface area (Å²) in [4.78, 5) is 24.3. The Kier molecular flexibility index (Phi) is 5.13. The van der Waals surface area contributed by atoms with Gasteiger partial charge in [-0.1, -0.05) is 19.1 Å². The summed E-state index contributed by atoms with van der Waals surface area (Å²) in [5, 5.41) is 6.80. The van der Waals surface area contributed by atoms with Crippen LogP contribution in [0.2, 0.25) is 0 Å². The van der Waals surface area contributed by atoms with E-state index >= 15 is 0 Å². The Morgan fingerprint density at radius 1 is 1.24 bits per heavy atom. The van der Waals surface area contributed by atoms with Gasteiger partial charge in [-0.25, -0.2) is 4.68 Å². The Morgan fingerprint density at radius 2 is 2.04 bits per heavy atom.